The van der Waals surface area contributed by atoms with Crippen LogP contribution in [0.2, 0.25) is 0 Å². The maximum absolute atomic E-state index is 12.1. The van der Waals surface area contributed by atoms with Gasteiger partial charge in [-0.05, 0) is 11.8 Å². The molecule has 0 aliphatic carbocycles. The third kappa shape index (κ3) is 2.26. The first-order valence-electron chi connectivity index (χ1n) is 3.76. The lowest BCUT2D eigenvalue weighted by Crippen LogP contribution is -2.49. The van der Waals surface area contributed by atoms with Crippen LogP contribution in [0.25, 0.3) is 0 Å². The van der Waals surface area contributed by atoms with Crippen molar-refractivity contribution in [2.24, 2.45) is 0 Å². The van der Waals surface area contributed by atoms with Crippen molar-refractivity contribution in [3.63, 3.8) is 0 Å². The number of alkyl halides is 3. The molecule has 3 aliphatic rings. The van der Waals surface area contributed by atoms with E-state index in [-0.39, 0.29) is 13.5 Å². The third-order valence-corrected chi connectivity index (χ3v) is 4.08. The molecule has 4 nitrogen and oxygen atoms in total. The van der Waals surface area contributed by atoms with Crippen molar-refractivity contribution < 1.29 is 26.7 Å². The summed E-state index contributed by atoms with van der Waals surface area (Å²) in [7, 11) is 0. The standard InChI is InChI=1S/C5H7F3NO3PS/c6-5(7,8)1-4-9-2-10-13(14,12-4)11-3-9/h4H,1-3H2. The summed E-state index contributed by atoms with van der Waals surface area (Å²) in [6.45, 7) is -2.77. The van der Waals surface area contributed by atoms with Gasteiger partial charge >= 0.3 is 12.9 Å². The van der Waals surface area contributed by atoms with Gasteiger partial charge in [0.2, 0.25) is 0 Å². The molecule has 82 valence electrons. The highest BCUT2D eigenvalue weighted by Gasteiger charge is 2.46. The first-order valence-corrected chi connectivity index (χ1v) is 6.32. The Hall–Kier alpha value is 0.280. The highest BCUT2D eigenvalue weighted by atomic mass is 32.5. The molecular formula is C5H7F3NO3PS. The van der Waals surface area contributed by atoms with E-state index in [9.17, 15) is 13.2 Å². The van der Waals surface area contributed by atoms with Crippen molar-refractivity contribution in [1.29, 1.82) is 0 Å². The SMILES string of the molecule is FC(F)(F)CC1OP2(=S)OCN1CO2. The molecular weight excluding hydrogens is 242 g/mol. The number of hydrogen-bond donors (Lipinski definition) is 0. The minimum absolute atomic E-state index is 0.0536. The van der Waals surface area contributed by atoms with Crippen LogP contribution in [0.4, 0.5) is 13.2 Å². The molecule has 0 aromatic rings. The second-order valence-corrected chi connectivity index (χ2v) is 5.90. The Bertz CT molecular complexity index is 274. The Morgan fingerprint density at radius 1 is 1.36 bits per heavy atom. The molecule has 3 heterocycles. The van der Waals surface area contributed by atoms with E-state index in [1.807, 2.05) is 0 Å². The van der Waals surface area contributed by atoms with Crippen molar-refractivity contribution in [3.8, 4) is 0 Å². The maximum atomic E-state index is 12.1. The Balaban J connectivity index is 2.05. The molecule has 3 fully saturated rings. The average Bonchev–Trinajstić information content (AvgIpc) is 2.00. The molecule has 1 atom stereocenters. The van der Waals surface area contributed by atoms with Gasteiger partial charge in [0.1, 0.15) is 19.7 Å². The summed E-state index contributed by atoms with van der Waals surface area (Å²) >= 11 is 4.81. The lowest BCUT2D eigenvalue weighted by Gasteiger charge is -2.45. The molecule has 0 N–H and O–H groups in total. The predicted molar refractivity (Wildman–Crippen MR) is 43.6 cm³/mol. The van der Waals surface area contributed by atoms with E-state index in [1.54, 1.807) is 0 Å². The van der Waals surface area contributed by atoms with Crippen molar-refractivity contribution in [3.05, 3.63) is 0 Å². The highest BCUT2D eigenvalue weighted by Crippen LogP contribution is 2.58. The summed E-state index contributed by atoms with van der Waals surface area (Å²) in [5.41, 5.74) is 0. The monoisotopic (exact) mass is 249 g/mol. The van der Waals surface area contributed by atoms with Crippen LogP contribution in [0.1, 0.15) is 6.42 Å². The Labute approximate surface area is 83.2 Å². The minimum Gasteiger partial charge on any atom is -0.293 e. The van der Waals surface area contributed by atoms with E-state index in [4.69, 9.17) is 25.4 Å². The van der Waals surface area contributed by atoms with Crippen LogP contribution in [0.15, 0.2) is 0 Å². The van der Waals surface area contributed by atoms with Crippen molar-refractivity contribution in [1.82, 2.24) is 4.90 Å². The van der Waals surface area contributed by atoms with Crippen LogP contribution < -0.4 is 0 Å². The fourth-order valence-corrected chi connectivity index (χ4v) is 3.03. The molecule has 0 aromatic heterocycles. The fraction of sp³-hybridized carbons (Fsp3) is 1.00. The fourth-order valence-electron chi connectivity index (χ4n) is 1.17. The Morgan fingerprint density at radius 2 is 1.93 bits per heavy atom. The molecule has 14 heavy (non-hydrogen) atoms. The van der Waals surface area contributed by atoms with Crippen LogP contribution in [0, 0.1) is 0 Å². The van der Waals surface area contributed by atoms with Gasteiger partial charge in [0, 0.05) is 0 Å². The summed E-state index contributed by atoms with van der Waals surface area (Å²) in [6.07, 6.45) is -6.36. The number of halogens is 3. The van der Waals surface area contributed by atoms with Crippen LogP contribution in [0.3, 0.4) is 0 Å². The van der Waals surface area contributed by atoms with Crippen molar-refractivity contribution in [2.45, 2.75) is 18.8 Å². The van der Waals surface area contributed by atoms with Crippen molar-refractivity contribution >= 4 is 18.5 Å². The van der Waals surface area contributed by atoms with E-state index in [1.165, 1.54) is 4.90 Å². The highest BCUT2D eigenvalue weighted by molar-refractivity contribution is 8.07. The molecule has 0 radical (unpaired) electrons. The molecule has 0 saturated carbocycles. The molecule has 3 saturated heterocycles. The van der Waals surface area contributed by atoms with Crippen LogP contribution in [0.5, 0.6) is 0 Å². The summed E-state index contributed by atoms with van der Waals surface area (Å²) in [5.74, 6) is 0. The largest absolute Gasteiger partial charge is 0.392 e. The van der Waals surface area contributed by atoms with Crippen LogP contribution in [-0.4, -0.2) is 30.8 Å². The van der Waals surface area contributed by atoms with Gasteiger partial charge in [-0.15, -0.1) is 0 Å². The number of fused-ring (bicyclic) bond motifs is 3. The number of rotatable bonds is 1. The molecule has 0 spiro atoms. The summed E-state index contributed by atoms with van der Waals surface area (Å²) in [6, 6.07) is 0. The molecule has 3 rings (SSSR count). The topological polar surface area (TPSA) is 30.9 Å². The molecule has 3 aliphatic heterocycles. The van der Waals surface area contributed by atoms with Gasteiger partial charge in [0.05, 0.1) is 6.42 Å². The second kappa shape index (κ2) is 3.40. The van der Waals surface area contributed by atoms with Gasteiger partial charge < -0.3 is 0 Å². The van der Waals surface area contributed by atoms with Gasteiger partial charge in [-0.3, -0.25) is 13.6 Å². The zero-order valence-corrected chi connectivity index (χ0v) is 8.57. The number of hydrogen-bond acceptors (Lipinski definition) is 5. The lowest BCUT2D eigenvalue weighted by molar-refractivity contribution is -0.213. The lowest BCUT2D eigenvalue weighted by atomic mass is 10.3. The molecule has 0 aromatic carbocycles. The van der Waals surface area contributed by atoms with E-state index < -0.39 is 25.5 Å². The summed E-state index contributed by atoms with van der Waals surface area (Å²) in [4.78, 5) is 1.31. The van der Waals surface area contributed by atoms with E-state index >= 15 is 0 Å². The van der Waals surface area contributed by atoms with E-state index in [2.05, 4.69) is 0 Å². The third-order valence-electron chi connectivity index (χ3n) is 1.83. The summed E-state index contributed by atoms with van der Waals surface area (Å²) < 4.78 is 51.1. The maximum Gasteiger partial charge on any atom is 0.392 e. The minimum atomic E-state index is -4.27. The van der Waals surface area contributed by atoms with Gasteiger partial charge in [0.25, 0.3) is 0 Å². The average molecular weight is 249 g/mol. The number of nitrogens with zero attached hydrogens (tertiary/aromatic N) is 1. The van der Waals surface area contributed by atoms with Gasteiger partial charge in [-0.1, -0.05) is 0 Å². The van der Waals surface area contributed by atoms with Crippen LogP contribution >= 0.6 is 6.72 Å². The zero-order valence-electron chi connectivity index (χ0n) is 6.86. The smallest absolute Gasteiger partial charge is 0.293 e. The normalized spacial score (nSPS) is 42.8. The van der Waals surface area contributed by atoms with Gasteiger partial charge in [0.15, 0.2) is 0 Å². The molecule has 1 unspecified atom stereocenters. The van der Waals surface area contributed by atoms with Crippen LogP contribution in [-0.2, 0) is 25.4 Å². The second-order valence-electron chi connectivity index (χ2n) is 2.93. The van der Waals surface area contributed by atoms with Gasteiger partial charge in [-0.25, -0.2) is 4.90 Å². The van der Waals surface area contributed by atoms with Crippen molar-refractivity contribution in [2.75, 3.05) is 13.5 Å². The zero-order chi connectivity index (χ0) is 10.4. The van der Waals surface area contributed by atoms with E-state index in [0.29, 0.717) is 0 Å². The Morgan fingerprint density at radius 3 is 2.36 bits per heavy atom. The predicted octanol–water partition coefficient (Wildman–Crippen LogP) is 1.78. The summed E-state index contributed by atoms with van der Waals surface area (Å²) in [5, 5.41) is 0. The van der Waals surface area contributed by atoms with E-state index in [0.717, 1.165) is 0 Å². The molecule has 0 amide bonds. The first-order chi connectivity index (χ1) is 6.38. The first kappa shape index (κ1) is 10.8. The quantitative estimate of drug-likeness (QED) is 0.661. The molecule has 2 bridgehead atoms. The Kier molecular flexibility index (Phi) is 2.62. The molecule has 9 heteroatoms. The van der Waals surface area contributed by atoms with Gasteiger partial charge in [-0.2, -0.15) is 13.2 Å².